The highest BCUT2D eigenvalue weighted by atomic mass is 19.1. The number of ether oxygens (including phenoxy) is 1. The zero-order valence-corrected chi connectivity index (χ0v) is 22.2. The summed E-state index contributed by atoms with van der Waals surface area (Å²) in [6, 6.07) is 2.48. The van der Waals surface area contributed by atoms with Crippen molar-refractivity contribution < 1.29 is 28.2 Å². The molecule has 11 heteroatoms. The highest BCUT2D eigenvalue weighted by molar-refractivity contribution is 5.91. The molecule has 3 atom stereocenters. The first-order chi connectivity index (χ1) is 18.0. The van der Waals surface area contributed by atoms with Crippen LogP contribution in [0.5, 0.6) is 0 Å². The first-order valence-corrected chi connectivity index (χ1v) is 13.2. The zero-order valence-electron chi connectivity index (χ0n) is 22.2. The van der Waals surface area contributed by atoms with Crippen LogP contribution in [0.3, 0.4) is 0 Å². The Morgan fingerprint density at radius 3 is 2.61 bits per heavy atom. The highest BCUT2D eigenvalue weighted by Crippen LogP contribution is 2.40. The van der Waals surface area contributed by atoms with Crippen molar-refractivity contribution in [1.82, 2.24) is 24.7 Å². The maximum absolute atomic E-state index is 14.8. The van der Waals surface area contributed by atoms with Crippen molar-refractivity contribution in [2.75, 3.05) is 6.61 Å². The molecule has 1 aromatic heterocycles. The van der Waals surface area contributed by atoms with Gasteiger partial charge in [-0.05, 0) is 65.2 Å². The van der Waals surface area contributed by atoms with Crippen molar-refractivity contribution in [1.29, 1.82) is 0 Å². The average Bonchev–Trinajstić information content (AvgIpc) is 3.44. The molecule has 1 saturated carbocycles. The summed E-state index contributed by atoms with van der Waals surface area (Å²) < 4.78 is 37.0. The van der Waals surface area contributed by atoms with Crippen molar-refractivity contribution in [2.45, 2.75) is 96.4 Å². The molecular formula is C27H35F2N5O4. The molecule has 38 heavy (non-hydrogen) atoms. The second-order valence-corrected chi connectivity index (χ2v) is 11.4. The van der Waals surface area contributed by atoms with Gasteiger partial charge < -0.3 is 19.7 Å². The number of aromatic nitrogens is 2. The Balaban J connectivity index is 1.40. The number of benzene rings is 1. The number of rotatable bonds is 6. The number of carbonyl (C=O) groups is 2. The quantitative estimate of drug-likeness (QED) is 0.583. The van der Waals surface area contributed by atoms with Gasteiger partial charge in [-0.15, -0.1) is 0 Å². The van der Waals surface area contributed by atoms with E-state index in [1.54, 1.807) is 20.8 Å². The molecule has 3 aliphatic rings. The lowest BCUT2D eigenvalue weighted by Crippen LogP contribution is -2.58. The number of carbonyl (C=O) groups excluding carboxylic acids is 1. The molecule has 3 heterocycles. The molecule has 2 amide bonds. The van der Waals surface area contributed by atoms with E-state index in [4.69, 9.17) is 4.74 Å². The van der Waals surface area contributed by atoms with E-state index >= 15 is 0 Å². The summed E-state index contributed by atoms with van der Waals surface area (Å²) in [6.45, 7) is 9.16. The predicted octanol–water partition coefficient (Wildman–Crippen LogP) is 4.07. The monoisotopic (exact) mass is 531 g/mol. The molecule has 0 unspecified atom stereocenters. The van der Waals surface area contributed by atoms with E-state index in [1.165, 1.54) is 4.90 Å². The van der Waals surface area contributed by atoms with Gasteiger partial charge in [0.1, 0.15) is 17.7 Å². The maximum Gasteiger partial charge on any atom is 0.408 e. The van der Waals surface area contributed by atoms with Crippen LogP contribution in [0.2, 0.25) is 0 Å². The molecule has 0 radical (unpaired) electrons. The summed E-state index contributed by atoms with van der Waals surface area (Å²) in [6.07, 6.45) is 0.260. The van der Waals surface area contributed by atoms with Gasteiger partial charge in [0, 0.05) is 42.8 Å². The van der Waals surface area contributed by atoms with Crippen LogP contribution >= 0.6 is 0 Å². The molecule has 2 aliphatic heterocycles. The standard InChI is InChI=1S/C27H35F2N5O4/c1-5-33-22-13-32(12-20(22)31-24(33)25(35)30-16-7-8-16)17-11-21(34(26(36)37)27(2,3)4)23(38-14-17)18-10-15(28)6-9-19(18)29/h6,9-10,16-17,21,23H,5,7-8,11-14H2,1-4H3,(H,30,35)(H,36,37)/t17-,21+,23-/m1/s1. The second-order valence-electron chi connectivity index (χ2n) is 11.4. The minimum absolute atomic E-state index is 0.0130. The Kier molecular flexibility index (Phi) is 6.93. The molecular weight excluding hydrogens is 496 g/mol. The van der Waals surface area contributed by atoms with Gasteiger partial charge in [0.15, 0.2) is 5.82 Å². The number of nitrogens with one attached hydrogen (secondary N) is 1. The summed E-state index contributed by atoms with van der Waals surface area (Å²) in [5.41, 5.74) is 1.00. The third-order valence-corrected chi connectivity index (χ3v) is 7.67. The third kappa shape index (κ3) is 5.01. The molecule has 5 rings (SSSR count). The number of amides is 2. The maximum atomic E-state index is 14.8. The lowest BCUT2D eigenvalue weighted by molar-refractivity contribution is -0.103. The normalized spacial score (nSPS) is 23.8. The lowest BCUT2D eigenvalue weighted by atomic mass is 9.88. The molecule has 1 aromatic carbocycles. The van der Waals surface area contributed by atoms with E-state index in [2.05, 4.69) is 15.2 Å². The average molecular weight is 532 g/mol. The van der Waals surface area contributed by atoms with Crippen molar-refractivity contribution in [2.24, 2.45) is 0 Å². The van der Waals surface area contributed by atoms with Crippen molar-refractivity contribution in [3.63, 3.8) is 0 Å². The van der Waals surface area contributed by atoms with Gasteiger partial charge in [-0.2, -0.15) is 0 Å². The number of hydrogen-bond donors (Lipinski definition) is 2. The van der Waals surface area contributed by atoms with E-state index in [-0.39, 0.29) is 30.2 Å². The SMILES string of the molecule is CCn1c(C(=O)NC2CC2)nc2c1CN([C@H]1CO[C@H](c3cc(F)ccc3F)[C@@H](N(C(=O)O)C(C)(C)C)C1)C2. The fraction of sp³-hybridized carbons (Fsp3) is 0.593. The second kappa shape index (κ2) is 9.92. The summed E-state index contributed by atoms with van der Waals surface area (Å²) in [5, 5.41) is 13.2. The van der Waals surface area contributed by atoms with Crippen LogP contribution in [-0.4, -0.2) is 66.7 Å². The number of halogens is 2. The summed E-state index contributed by atoms with van der Waals surface area (Å²) in [5.74, 6) is -0.972. The van der Waals surface area contributed by atoms with E-state index < -0.39 is 35.4 Å². The topological polar surface area (TPSA) is 99.9 Å². The Morgan fingerprint density at radius 2 is 1.97 bits per heavy atom. The predicted molar refractivity (Wildman–Crippen MR) is 134 cm³/mol. The molecule has 0 bridgehead atoms. The van der Waals surface area contributed by atoms with Gasteiger partial charge in [-0.25, -0.2) is 18.6 Å². The van der Waals surface area contributed by atoms with Gasteiger partial charge >= 0.3 is 6.09 Å². The van der Waals surface area contributed by atoms with Crippen LogP contribution in [0.4, 0.5) is 13.6 Å². The molecule has 0 spiro atoms. The largest absolute Gasteiger partial charge is 0.465 e. The van der Waals surface area contributed by atoms with Crippen LogP contribution < -0.4 is 5.32 Å². The Bertz CT molecular complexity index is 1240. The van der Waals surface area contributed by atoms with Gasteiger partial charge in [-0.3, -0.25) is 14.6 Å². The molecule has 206 valence electrons. The molecule has 1 aliphatic carbocycles. The van der Waals surface area contributed by atoms with Crippen molar-refractivity contribution in [3.8, 4) is 0 Å². The number of nitrogens with zero attached hydrogens (tertiary/aromatic N) is 4. The van der Waals surface area contributed by atoms with Crippen molar-refractivity contribution in [3.05, 3.63) is 52.6 Å². The molecule has 9 nitrogen and oxygen atoms in total. The zero-order chi connectivity index (χ0) is 27.4. The molecule has 2 N–H and O–H groups in total. The van der Waals surface area contributed by atoms with Gasteiger partial charge in [0.2, 0.25) is 0 Å². The summed E-state index contributed by atoms with van der Waals surface area (Å²) >= 11 is 0. The third-order valence-electron chi connectivity index (χ3n) is 7.67. The first-order valence-electron chi connectivity index (χ1n) is 13.2. The Morgan fingerprint density at radius 1 is 1.24 bits per heavy atom. The fourth-order valence-electron chi connectivity index (χ4n) is 5.78. The van der Waals surface area contributed by atoms with Crippen LogP contribution in [0, 0.1) is 11.6 Å². The van der Waals surface area contributed by atoms with Gasteiger partial charge in [-0.1, -0.05) is 0 Å². The van der Waals surface area contributed by atoms with Gasteiger partial charge in [0.25, 0.3) is 5.91 Å². The van der Waals surface area contributed by atoms with Crippen LogP contribution in [0.15, 0.2) is 18.2 Å². The molecule has 1 saturated heterocycles. The number of hydrogen-bond acceptors (Lipinski definition) is 5. The minimum Gasteiger partial charge on any atom is -0.465 e. The van der Waals surface area contributed by atoms with Crippen LogP contribution in [-0.2, 0) is 24.4 Å². The lowest BCUT2D eigenvalue weighted by Gasteiger charge is -2.48. The van der Waals surface area contributed by atoms with E-state index in [9.17, 15) is 23.5 Å². The Hall–Kier alpha value is -3.05. The summed E-state index contributed by atoms with van der Waals surface area (Å²) in [7, 11) is 0. The Labute approximate surface area is 220 Å². The van der Waals surface area contributed by atoms with Crippen molar-refractivity contribution >= 4 is 12.0 Å². The highest BCUT2D eigenvalue weighted by Gasteiger charge is 2.46. The molecule has 2 fully saturated rings. The first kappa shape index (κ1) is 26.6. The summed E-state index contributed by atoms with van der Waals surface area (Å²) in [4.78, 5) is 33.3. The minimum atomic E-state index is -1.15. The van der Waals surface area contributed by atoms with Crippen LogP contribution in [0.25, 0.3) is 0 Å². The van der Waals surface area contributed by atoms with Crippen LogP contribution in [0.1, 0.15) is 80.6 Å². The molecule has 2 aromatic rings. The number of fused-ring (bicyclic) bond motifs is 1. The van der Waals surface area contributed by atoms with E-state index in [0.29, 0.717) is 31.9 Å². The van der Waals surface area contributed by atoms with E-state index in [1.807, 2.05) is 11.5 Å². The smallest absolute Gasteiger partial charge is 0.408 e. The number of imidazole rings is 1. The number of carboxylic acid groups (broad SMARTS) is 1. The fourth-order valence-corrected chi connectivity index (χ4v) is 5.78. The van der Waals surface area contributed by atoms with E-state index in [0.717, 1.165) is 42.4 Å². The van der Waals surface area contributed by atoms with Gasteiger partial charge in [0.05, 0.1) is 24.0 Å².